The maximum absolute atomic E-state index is 12.2. The fourth-order valence-corrected chi connectivity index (χ4v) is 3.92. The van der Waals surface area contributed by atoms with Crippen molar-refractivity contribution in [1.82, 2.24) is 10.2 Å². The number of thiophene rings is 1. The Balaban J connectivity index is 1.59. The Bertz CT molecular complexity index is 476. The number of hydrogen-bond acceptors (Lipinski definition) is 4. The van der Waals surface area contributed by atoms with Crippen molar-refractivity contribution in [3.8, 4) is 0 Å². The fourth-order valence-electron chi connectivity index (χ4n) is 3.11. The maximum atomic E-state index is 12.2. The Kier molecular flexibility index (Phi) is 4.10. The molecule has 1 aliphatic carbocycles. The minimum atomic E-state index is 0.0719. The highest BCUT2D eigenvalue weighted by molar-refractivity contribution is 7.12. The van der Waals surface area contributed by atoms with E-state index in [1.54, 1.807) is 0 Å². The second kappa shape index (κ2) is 5.84. The third-order valence-corrected chi connectivity index (χ3v) is 5.55. The van der Waals surface area contributed by atoms with Gasteiger partial charge in [0.05, 0.1) is 18.1 Å². The van der Waals surface area contributed by atoms with Crippen LogP contribution < -0.4 is 5.32 Å². The van der Waals surface area contributed by atoms with Gasteiger partial charge < -0.3 is 10.1 Å². The summed E-state index contributed by atoms with van der Waals surface area (Å²) >= 11 is 1.52. The monoisotopic (exact) mass is 294 g/mol. The fraction of sp³-hybridized carbons (Fsp3) is 0.667. The zero-order valence-electron chi connectivity index (χ0n) is 12.0. The number of aryl methyl sites for hydroxylation is 1. The van der Waals surface area contributed by atoms with Crippen molar-refractivity contribution in [3.05, 3.63) is 21.9 Å². The van der Waals surface area contributed by atoms with E-state index < -0.39 is 0 Å². The van der Waals surface area contributed by atoms with Gasteiger partial charge in [0.15, 0.2) is 0 Å². The first-order chi connectivity index (χ1) is 9.70. The molecule has 1 N–H and O–H groups in total. The number of carbonyl (C=O) groups is 1. The molecule has 3 rings (SSSR count). The van der Waals surface area contributed by atoms with Crippen molar-refractivity contribution >= 4 is 17.2 Å². The summed E-state index contributed by atoms with van der Waals surface area (Å²) in [7, 11) is 0. The summed E-state index contributed by atoms with van der Waals surface area (Å²) in [6.07, 6.45) is 3.65. The van der Waals surface area contributed by atoms with Crippen LogP contribution in [-0.2, 0) is 4.74 Å². The Morgan fingerprint density at radius 3 is 2.75 bits per heavy atom. The van der Waals surface area contributed by atoms with E-state index in [1.807, 2.05) is 18.4 Å². The standard InChI is InChI=1S/C15H22N2O2S/c1-12-9-13(20-10-12)14(18)16-11-15(3-2-4-15)17-5-7-19-8-6-17/h9-10H,2-8,11H2,1H3,(H,16,18). The second-order valence-electron chi connectivity index (χ2n) is 5.85. The van der Waals surface area contributed by atoms with Gasteiger partial charge >= 0.3 is 0 Å². The molecule has 1 aromatic heterocycles. The molecule has 2 heterocycles. The van der Waals surface area contributed by atoms with Crippen molar-refractivity contribution in [2.45, 2.75) is 31.7 Å². The number of morpholine rings is 1. The highest BCUT2D eigenvalue weighted by Crippen LogP contribution is 2.37. The van der Waals surface area contributed by atoms with E-state index in [9.17, 15) is 4.79 Å². The molecular formula is C15H22N2O2S. The highest BCUT2D eigenvalue weighted by atomic mass is 32.1. The lowest BCUT2D eigenvalue weighted by molar-refractivity contribution is -0.0540. The topological polar surface area (TPSA) is 41.6 Å². The summed E-state index contributed by atoms with van der Waals surface area (Å²) in [6, 6.07) is 1.96. The van der Waals surface area contributed by atoms with Gasteiger partial charge in [0, 0.05) is 25.2 Å². The van der Waals surface area contributed by atoms with E-state index in [1.165, 1.54) is 30.6 Å². The Labute approximate surface area is 124 Å². The van der Waals surface area contributed by atoms with Crippen LogP contribution in [0.3, 0.4) is 0 Å². The van der Waals surface area contributed by atoms with Crippen molar-refractivity contribution in [2.75, 3.05) is 32.8 Å². The highest BCUT2D eigenvalue weighted by Gasteiger charge is 2.43. The van der Waals surface area contributed by atoms with Crippen molar-refractivity contribution in [2.24, 2.45) is 0 Å². The van der Waals surface area contributed by atoms with Crippen LogP contribution in [0.15, 0.2) is 11.4 Å². The third-order valence-electron chi connectivity index (χ3n) is 4.50. The SMILES string of the molecule is Cc1csc(C(=O)NCC2(N3CCOCC3)CCC2)c1. The average molecular weight is 294 g/mol. The Morgan fingerprint density at radius 2 is 2.20 bits per heavy atom. The van der Waals surface area contributed by atoms with Gasteiger partial charge in [-0.1, -0.05) is 0 Å². The van der Waals surface area contributed by atoms with Gasteiger partial charge in [-0.25, -0.2) is 0 Å². The smallest absolute Gasteiger partial charge is 0.261 e. The Morgan fingerprint density at radius 1 is 1.45 bits per heavy atom. The molecule has 1 saturated carbocycles. The van der Waals surface area contributed by atoms with Gasteiger partial charge in [-0.15, -0.1) is 11.3 Å². The molecule has 110 valence electrons. The first-order valence-corrected chi connectivity index (χ1v) is 8.24. The van der Waals surface area contributed by atoms with Gasteiger partial charge in [-0.2, -0.15) is 0 Å². The zero-order chi connectivity index (χ0) is 14.0. The van der Waals surface area contributed by atoms with E-state index in [0.29, 0.717) is 0 Å². The lowest BCUT2D eigenvalue weighted by Crippen LogP contribution is -2.62. The molecule has 0 spiro atoms. The predicted molar refractivity (Wildman–Crippen MR) is 80.4 cm³/mol. The van der Waals surface area contributed by atoms with E-state index in [-0.39, 0.29) is 11.4 Å². The van der Waals surface area contributed by atoms with Crippen LogP contribution in [0, 0.1) is 6.92 Å². The second-order valence-corrected chi connectivity index (χ2v) is 6.76. The van der Waals surface area contributed by atoms with Crippen LogP contribution in [0.25, 0.3) is 0 Å². The van der Waals surface area contributed by atoms with Crippen LogP contribution >= 0.6 is 11.3 Å². The molecule has 1 aliphatic heterocycles. The van der Waals surface area contributed by atoms with Crippen LogP contribution in [0.1, 0.15) is 34.5 Å². The normalized spacial score (nSPS) is 22.2. The molecule has 0 radical (unpaired) electrons. The molecule has 1 aromatic rings. The van der Waals surface area contributed by atoms with Crippen LogP contribution in [0.4, 0.5) is 0 Å². The summed E-state index contributed by atoms with van der Waals surface area (Å²) in [5, 5.41) is 5.17. The number of nitrogens with zero attached hydrogens (tertiary/aromatic N) is 1. The number of carbonyl (C=O) groups excluding carboxylic acids is 1. The van der Waals surface area contributed by atoms with E-state index in [0.717, 1.165) is 43.3 Å². The van der Waals surface area contributed by atoms with Crippen LogP contribution in [0.2, 0.25) is 0 Å². The molecule has 0 bridgehead atoms. The molecule has 1 amide bonds. The average Bonchev–Trinajstić information content (AvgIpc) is 2.85. The van der Waals surface area contributed by atoms with Crippen LogP contribution in [0.5, 0.6) is 0 Å². The van der Waals surface area contributed by atoms with Crippen LogP contribution in [-0.4, -0.2) is 49.2 Å². The van der Waals surface area contributed by atoms with Gasteiger partial charge in [-0.05, 0) is 43.2 Å². The number of amides is 1. The Hall–Kier alpha value is -0.910. The number of rotatable bonds is 4. The molecule has 0 aromatic carbocycles. The summed E-state index contributed by atoms with van der Waals surface area (Å²) in [5.74, 6) is 0.0719. The molecule has 1 saturated heterocycles. The first kappa shape index (κ1) is 14.0. The summed E-state index contributed by atoms with van der Waals surface area (Å²) in [4.78, 5) is 15.5. The molecule has 2 aliphatic rings. The predicted octanol–water partition coefficient (Wildman–Crippen LogP) is 2.04. The first-order valence-electron chi connectivity index (χ1n) is 7.36. The molecule has 5 heteroatoms. The van der Waals surface area contributed by atoms with E-state index >= 15 is 0 Å². The van der Waals surface area contributed by atoms with Gasteiger partial charge in [0.25, 0.3) is 5.91 Å². The molecule has 0 unspecified atom stereocenters. The summed E-state index contributed by atoms with van der Waals surface area (Å²) in [5.41, 5.74) is 1.35. The van der Waals surface area contributed by atoms with Crippen molar-refractivity contribution in [1.29, 1.82) is 0 Å². The number of ether oxygens (including phenoxy) is 1. The molecule has 20 heavy (non-hydrogen) atoms. The van der Waals surface area contributed by atoms with Gasteiger partial charge in [-0.3, -0.25) is 9.69 Å². The minimum Gasteiger partial charge on any atom is -0.379 e. The third kappa shape index (κ3) is 2.75. The minimum absolute atomic E-state index is 0.0719. The molecule has 0 atom stereocenters. The number of hydrogen-bond donors (Lipinski definition) is 1. The molecule has 4 nitrogen and oxygen atoms in total. The van der Waals surface area contributed by atoms with Gasteiger partial charge in [0.2, 0.25) is 0 Å². The molecular weight excluding hydrogens is 272 g/mol. The summed E-state index contributed by atoms with van der Waals surface area (Å²) < 4.78 is 5.43. The number of nitrogens with one attached hydrogen (secondary N) is 1. The van der Waals surface area contributed by atoms with Crippen molar-refractivity contribution in [3.63, 3.8) is 0 Å². The van der Waals surface area contributed by atoms with E-state index in [2.05, 4.69) is 10.2 Å². The zero-order valence-corrected chi connectivity index (χ0v) is 12.8. The van der Waals surface area contributed by atoms with Crippen molar-refractivity contribution < 1.29 is 9.53 Å². The lowest BCUT2D eigenvalue weighted by atomic mass is 9.75. The van der Waals surface area contributed by atoms with Gasteiger partial charge in [0.1, 0.15) is 0 Å². The molecule has 2 fully saturated rings. The lowest BCUT2D eigenvalue weighted by Gasteiger charge is -2.51. The quantitative estimate of drug-likeness (QED) is 0.924. The summed E-state index contributed by atoms with van der Waals surface area (Å²) in [6.45, 7) is 6.42. The maximum Gasteiger partial charge on any atom is 0.261 e. The van der Waals surface area contributed by atoms with E-state index in [4.69, 9.17) is 4.74 Å². The largest absolute Gasteiger partial charge is 0.379 e.